The summed E-state index contributed by atoms with van der Waals surface area (Å²) in [7, 11) is 0. The Labute approximate surface area is 154 Å². The van der Waals surface area contributed by atoms with Crippen LogP contribution in [0.25, 0.3) is 0 Å². The largest absolute Gasteiger partial charge is 0.489 e. The molecule has 6 heteroatoms. The highest BCUT2D eigenvalue weighted by atomic mass is 32.1. The van der Waals surface area contributed by atoms with Crippen molar-refractivity contribution < 1.29 is 4.74 Å². The maximum absolute atomic E-state index is 5.96. The molecule has 0 saturated carbocycles. The van der Waals surface area contributed by atoms with Gasteiger partial charge in [-0.1, -0.05) is 12.1 Å². The smallest absolute Gasteiger partial charge is 0.191 e. The highest BCUT2D eigenvalue weighted by molar-refractivity contribution is 7.11. The zero-order valence-corrected chi connectivity index (χ0v) is 16.5. The summed E-state index contributed by atoms with van der Waals surface area (Å²) in [5.74, 6) is 1.69. The van der Waals surface area contributed by atoms with Crippen LogP contribution >= 0.6 is 11.3 Å². The molecular formula is C19H28N4OS. The van der Waals surface area contributed by atoms with Crippen LogP contribution in [0.2, 0.25) is 0 Å². The number of aryl methyl sites for hydroxylation is 3. The molecule has 0 amide bonds. The lowest BCUT2D eigenvalue weighted by atomic mass is 10.2. The molecule has 1 aromatic carbocycles. The maximum atomic E-state index is 5.96. The summed E-state index contributed by atoms with van der Waals surface area (Å²) >= 11 is 1.70. The molecule has 1 aromatic heterocycles. The van der Waals surface area contributed by atoms with Crippen molar-refractivity contribution in [1.29, 1.82) is 0 Å². The molecule has 0 bridgehead atoms. The van der Waals surface area contributed by atoms with Crippen LogP contribution < -0.4 is 15.4 Å². The van der Waals surface area contributed by atoms with E-state index in [0.29, 0.717) is 13.1 Å². The molecule has 1 heterocycles. The number of hydrogen-bond donors (Lipinski definition) is 2. The molecule has 5 nitrogen and oxygen atoms in total. The molecule has 25 heavy (non-hydrogen) atoms. The predicted octanol–water partition coefficient (Wildman–Crippen LogP) is 3.59. The van der Waals surface area contributed by atoms with Gasteiger partial charge in [0, 0.05) is 11.4 Å². The van der Waals surface area contributed by atoms with Crippen LogP contribution in [0.1, 0.15) is 35.0 Å². The summed E-state index contributed by atoms with van der Waals surface area (Å²) in [5, 5.41) is 7.71. The van der Waals surface area contributed by atoms with Gasteiger partial charge in [0.1, 0.15) is 11.9 Å². The molecule has 0 fully saturated rings. The van der Waals surface area contributed by atoms with Gasteiger partial charge in [-0.2, -0.15) is 0 Å². The van der Waals surface area contributed by atoms with Crippen LogP contribution in [-0.2, 0) is 6.54 Å². The van der Waals surface area contributed by atoms with Crippen molar-refractivity contribution in [3.05, 3.63) is 45.4 Å². The average molecular weight is 361 g/mol. The van der Waals surface area contributed by atoms with Crippen molar-refractivity contribution in [3.63, 3.8) is 0 Å². The Balaban J connectivity index is 1.89. The number of aliphatic imine (C=N–C) groups is 1. The average Bonchev–Trinajstić information content (AvgIpc) is 2.88. The molecule has 2 aromatic rings. The molecule has 1 atom stereocenters. The van der Waals surface area contributed by atoms with Crippen molar-refractivity contribution in [2.45, 2.75) is 47.3 Å². The van der Waals surface area contributed by atoms with E-state index in [1.807, 2.05) is 32.0 Å². The Morgan fingerprint density at radius 2 is 2.08 bits per heavy atom. The van der Waals surface area contributed by atoms with Gasteiger partial charge in [-0.25, -0.2) is 9.98 Å². The van der Waals surface area contributed by atoms with Gasteiger partial charge in [-0.05, 0) is 52.3 Å². The molecule has 0 aliphatic carbocycles. The predicted molar refractivity (Wildman–Crippen MR) is 106 cm³/mol. The second-order valence-electron chi connectivity index (χ2n) is 6.06. The maximum Gasteiger partial charge on any atom is 0.191 e. The number of rotatable bonds is 7. The third kappa shape index (κ3) is 6.38. The molecule has 1 unspecified atom stereocenters. The SMILES string of the molecule is CCNC(=NCc1sc(C)nc1C)NCC(C)Oc1cccc(C)c1. The van der Waals surface area contributed by atoms with Crippen molar-refractivity contribution in [3.8, 4) is 5.75 Å². The number of nitrogens with zero attached hydrogens (tertiary/aromatic N) is 2. The molecule has 0 aliphatic heterocycles. The molecule has 2 N–H and O–H groups in total. The van der Waals surface area contributed by atoms with E-state index in [1.54, 1.807) is 11.3 Å². The van der Waals surface area contributed by atoms with Crippen molar-refractivity contribution in [2.24, 2.45) is 4.99 Å². The van der Waals surface area contributed by atoms with Crippen molar-refractivity contribution in [2.75, 3.05) is 13.1 Å². The number of aromatic nitrogens is 1. The van der Waals surface area contributed by atoms with Gasteiger partial charge >= 0.3 is 0 Å². The highest BCUT2D eigenvalue weighted by Gasteiger charge is 2.07. The summed E-state index contributed by atoms with van der Waals surface area (Å²) in [6, 6.07) is 8.10. The minimum atomic E-state index is 0.0399. The Hall–Kier alpha value is -2.08. The first kappa shape index (κ1) is 19.2. The molecule has 0 aliphatic rings. The van der Waals surface area contributed by atoms with E-state index in [4.69, 9.17) is 4.74 Å². The van der Waals surface area contributed by atoms with Gasteiger partial charge in [0.05, 0.1) is 23.8 Å². The minimum absolute atomic E-state index is 0.0399. The Kier molecular flexibility index (Phi) is 7.25. The summed E-state index contributed by atoms with van der Waals surface area (Å²) in [4.78, 5) is 10.3. The third-order valence-electron chi connectivity index (χ3n) is 3.61. The lowest BCUT2D eigenvalue weighted by Gasteiger charge is -2.18. The second kappa shape index (κ2) is 9.42. The number of guanidine groups is 1. The number of nitrogens with one attached hydrogen (secondary N) is 2. The van der Waals surface area contributed by atoms with Crippen LogP contribution in [-0.4, -0.2) is 30.1 Å². The summed E-state index contributed by atoms with van der Waals surface area (Å²) in [5.41, 5.74) is 2.26. The normalized spacial score (nSPS) is 12.8. The van der Waals surface area contributed by atoms with E-state index < -0.39 is 0 Å². The first-order valence-electron chi connectivity index (χ1n) is 8.66. The molecule has 0 radical (unpaired) electrons. The number of ether oxygens (including phenoxy) is 1. The Morgan fingerprint density at radius 3 is 2.72 bits per heavy atom. The topological polar surface area (TPSA) is 58.5 Å². The highest BCUT2D eigenvalue weighted by Crippen LogP contribution is 2.18. The minimum Gasteiger partial charge on any atom is -0.489 e. The first-order chi connectivity index (χ1) is 12.0. The lowest BCUT2D eigenvalue weighted by Crippen LogP contribution is -2.41. The number of hydrogen-bond acceptors (Lipinski definition) is 4. The fourth-order valence-electron chi connectivity index (χ4n) is 2.42. The fraction of sp³-hybridized carbons (Fsp3) is 0.474. The first-order valence-corrected chi connectivity index (χ1v) is 9.48. The second-order valence-corrected chi connectivity index (χ2v) is 7.35. The van der Waals surface area contributed by atoms with Crippen LogP contribution in [0.5, 0.6) is 5.75 Å². The summed E-state index contributed by atoms with van der Waals surface area (Å²) in [6.07, 6.45) is 0.0399. The van der Waals surface area contributed by atoms with E-state index in [1.165, 1.54) is 10.4 Å². The van der Waals surface area contributed by atoms with E-state index in [9.17, 15) is 0 Å². The Bertz CT molecular complexity index is 711. The zero-order valence-electron chi connectivity index (χ0n) is 15.7. The summed E-state index contributed by atoms with van der Waals surface area (Å²) < 4.78 is 5.96. The van der Waals surface area contributed by atoms with Crippen LogP contribution in [0.15, 0.2) is 29.3 Å². The fourth-order valence-corrected chi connectivity index (χ4v) is 3.28. The summed E-state index contributed by atoms with van der Waals surface area (Å²) in [6.45, 7) is 12.4. The van der Waals surface area contributed by atoms with Crippen LogP contribution in [0.4, 0.5) is 0 Å². The molecular weight excluding hydrogens is 332 g/mol. The van der Waals surface area contributed by atoms with E-state index in [0.717, 1.165) is 29.0 Å². The van der Waals surface area contributed by atoms with Gasteiger partial charge in [0.2, 0.25) is 0 Å². The number of benzene rings is 1. The van der Waals surface area contributed by atoms with Crippen molar-refractivity contribution in [1.82, 2.24) is 15.6 Å². The quantitative estimate of drug-likeness (QED) is 0.585. The van der Waals surface area contributed by atoms with Gasteiger partial charge in [0.15, 0.2) is 5.96 Å². The van der Waals surface area contributed by atoms with E-state index in [2.05, 4.69) is 47.4 Å². The Morgan fingerprint density at radius 1 is 1.28 bits per heavy atom. The molecule has 0 saturated heterocycles. The third-order valence-corrected chi connectivity index (χ3v) is 4.67. The molecule has 136 valence electrons. The van der Waals surface area contributed by atoms with Crippen molar-refractivity contribution >= 4 is 17.3 Å². The van der Waals surface area contributed by atoms with Gasteiger partial charge in [-0.3, -0.25) is 0 Å². The molecule has 0 spiro atoms. The van der Waals surface area contributed by atoms with Crippen LogP contribution in [0, 0.1) is 20.8 Å². The zero-order chi connectivity index (χ0) is 18.2. The van der Waals surface area contributed by atoms with Crippen LogP contribution in [0.3, 0.4) is 0 Å². The van der Waals surface area contributed by atoms with Gasteiger partial charge in [0.25, 0.3) is 0 Å². The van der Waals surface area contributed by atoms with Gasteiger partial charge in [-0.15, -0.1) is 11.3 Å². The lowest BCUT2D eigenvalue weighted by molar-refractivity contribution is 0.223. The monoisotopic (exact) mass is 360 g/mol. The number of thiazole rings is 1. The standard InChI is InChI=1S/C19H28N4OS/c1-6-20-19(22-12-18-15(4)23-16(5)25-18)21-11-14(3)24-17-9-7-8-13(2)10-17/h7-10,14H,6,11-12H2,1-5H3,(H2,20,21,22). The van der Waals surface area contributed by atoms with E-state index in [-0.39, 0.29) is 6.10 Å². The van der Waals surface area contributed by atoms with Gasteiger partial charge < -0.3 is 15.4 Å². The van der Waals surface area contributed by atoms with E-state index >= 15 is 0 Å². The molecule has 2 rings (SSSR count).